The molecule has 15 heavy (non-hydrogen) atoms. The van der Waals surface area contributed by atoms with E-state index >= 15 is 0 Å². The molecule has 1 N–H and O–H groups in total. The predicted octanol–water partition coefficient (Wildman–Crippen LogP) is 2.38. The Morgan fingerprint density at radius 1 is 1.47 bits per heavy atom. The molecule has 1 aromatic carbocycles. The summed E-state index contributed by atoms with van der Waals surface area (Å²) in [5.74, 6) is 0. The van der Waals surface area contributed by atoms with Crippen molar-refractivity contribution in [3.63, 3.8) is 0 Å². The summed E-state index contributed by atoms with van der Waals surface area (Å²) in [5.41, 5.74) is 1.71. The normalized spacial score (nSPS) is 23.7. The molecule has 2 nitrogen and oxygen atoms in total. The van der Waals surface area contributed by atoms with E-state index in [9.17, 15) is 4.39 Å². The number of ether oxygens (including phenoxy) is 1. The van der Waals surface area contributed by atoms with Gasteiger partial charge in [0.05, 0.1) is 12.7 Å². The molecule has 2 atom stereocenters. The number of rotatable bonds is 2. The molecule has 82 valence electrons. The van der Waals surface area contributed by atoms with Gasteiger partial charge in [-0.15, -0.1) is 0 Å². The van der Waals surface area contributed by atoms with E-state index < -0.39 is 6.17 Å². The average molecular weight is 209 g/mol. The van der Waals surface area contributed by atoms with Crippen LogP contribution in [0.1, 0.15) is 30.3 Å². The van der Waals surface area contributed by atoms with E-state index in [0.29, 0.717) is 6.61 Å². The van der Waals surface area contributed by atoms with Gasteiger partial charge in [-0.2, -0.15) is 0 Å². The first-order valence-electron chi connectivity index (χ1n) is 5.34. The number of benzene rings is 1. The molecule has 1 aromatic rings. The number of halogens is 1. The first-order valence-corrected chi connectivity index (χ1v) is 5.34. The Labute approximate surface area is 89.4 Å². The third-order valence-corrected chi connectivity index (χ3v) is 2.70. The summed E-state index contributed by atoms with van der Waals surface area (Å²) in [6.07, 6.45) is -0.945. The van der Waals surface area contributed by atoms with Crippen molar-refractivity contribution in [2.24, 2.45) is 0 Å². The van der Waals surface area contributed by atoms with Crippen LogP contribution in [0.3, 0.4) is 0 Å². The number of hydrogen-bond acceptors (Lipinski definition) is 2. The highest BCUT2D eigenvalue weighted by molar-refractivity contribution is 5.31. The molecule has 1 aliphatic rings. The summed E-state index contributed by atoms with van der Waals surface area (Å²) in [4.78, 5) is 0. The lowest BCUT2D eigenvalue weighted by Gasteiger charge is -2.26. The predicted molar refractivity (Wildman–Crippen MR) is 57.5 cm³/mol. The van der Waals surface area contributed by atoms with Crippen molar-refractivity contribution in [3.8, 4) is 0 Å². The largest absolute Gasteiger partial charge is 0.371 e. The van der Waals surface area contributed by atoms with Gasteiger partial charge >= 0.3 is 0 Å². The average Bonchev–Trinajstić information content (AvgIpc) is 2.30. The topological polar surface area (TPSA) is 21.3 Å². The van der Waals surface area contributed by atoms with Gasteiger partial charge in [0.15, 0.2) is 0 Å². The molecule has 0 saturated carbocycles. The van der Waals surface area contributed by atoms with Gasteiger partial charge in [0, 0.05) is 13.1 Å². The van der Waals surface area contributed by atoms with Gasteiger partial charge in [-0.3, -0.25) is 0 Å². The molecule has 0 bridgehead atoms. The van der Waals surface area contributed by atoms with Crippen LogP contribution in [0, 0.1) is 0 Å². The maximum Gasteiger partial charge on any atom is 0.123 e. The van der Waals surface area contributed by atoms with Crippen LogP contribution in [0.4, 0.5) is 4.39 Å². The molecule has 1 heterocycles. The van der Waals surface area contributed by atoms with Crippen molar-refractivity contribution in [2.45, 2.75) is 19.2 Å². The summed E-state index contributed by atoms with van der Waals surface area (Å²) in [6, 6.07) is 7.57. The van der Waals surface area contributed by atoms with Gasteiger partial charge in [-0.1, -0.05) is 24.3 Å². The first kappa shape index (κ1) is 10.6. The van der Waals surface area contributed by atoms with Crippen LogP contribution in [0.5, 0.6) is 0 Å². The van der Waals surface area contributed by atoms with Crippen LogP contribution in [0.15, 0.2) is 24.3 Å². The fraction of sp³-hybridized carbons (Fsp3) is 0.500. The first-order chi connectivity index (χ1) is 7.29. The molecular weight excluding hydrogens is 193 g/mol. The van der Waals surface area contributed by atoms with E-state index in [1.54, 1.807) is 6.92 Å². The number of alkyl halides is 1. The number of morpholine rings is 1. The Hall–Kier alpha value is -0.930. The summed E-state index contributed by atoms with van der Waals surface area (Å²) >= 11 is 0. The van der Waals surface area contributed by atoms with E-state index in [1.807, 2.05) is 24.3 Å². The zero-order chi connectivity index (χ0) is 10.7. The third-order valence-electron chi connectivity index (χ3n) is 2.70. The second-order valence-corrected chi connectivity index (χ2v) is 3.81. The van der Waals surface area contributed by atoms with Crippen LogP contribution in [-0.2, 0) is 4.74 Å². The third kappa shape index (κ3) is 2.36. The minimum Gasteiger partial charge on any atom is -0.371 e. The van der Waals surface area contributed by atoms with Gasteiger partial charge in [0.25, 0.3) is 0 Å². The van der Waals surface area contributed by atoms with E-state index in [0.717, 1.165) is 24.2 Å². The Kier molecular flexibility index (Phi) is 3.34. The Bertz CT molecular complexity index is 321. The van der Waals surface area contributed by atoms with Crippen molar-refractivity contribution in [1.82, 2.24) is 5.32 Å². The van der Waals surface area contributed by atoms with E-state index in [1.165, 1.54) is 0 Å². The molecule has 3 heteroatoms. The van der Waals surface area contributed by atoms with Gasteiger partial charge < -0.3 is 10.1 Å². The van der Waals surface area contributed by atoms with Crippen molar-refractivity contribution in [2.75, 3.05) is 19.7 Å². The molecular formula is C12H16FNO. The smallest absolute Gasteiger partial charge is 0.123 e. The Balaban J connectivity index is 2.25. The van der Waals surface area contributed by atoms with E-state index in [4.69, 9.17) is 4.74 Å². The lowest BCUT2D eigenvalue weighted by molar-refractivity contribution is 0.0265. The Morgan fingerprint density at radius 3 is 2.93 bits per heavy atom. The van der Waals surface area contributed by atoms with Gasteiger partial charge in [0.2, 0.25) is 0 Å². The van der Waals surface area contributed by atoms with Crippen LogP contribution in [-0.4, -0.2) is 19.7 Å². The molecule has 1 saturated heterocycles. The second kappa shape index (κ2) is 4.73. The summed E-state index contributed by atoms with van der Waals surface area (Å²) in [5, 5.41) is 3.25. The SMILES string of the molecule is CC(F)c1ccccc1C1CNCCO1. The van der Waals surface area contributed by atoms with Crippen LogP contribution < -0.4 is 5.32 Å². The lowest BCUT2D eigenvalue weighted by Crippen LogP contribution is -2.33. The minimum atomic E-state index is -0.938. The molecule has 0 aliphatic carbocycles. The maximum absolute atomic E-state index is 13.4. The highest BCUT2D eigenvalue weighted by atomic mass is 19.1. The summed E-state index contributed by atoms with van der Waals surface area (Å²) in [7, 11) is 0. The minimum absolute atomic E-state index is 0.00634. The molecule has 2 rings (SSSR count). The van der Waals surface area contributed by atoms with Gasteiger partial charge in [-0.25, -0.2) is 4.39 Å². The van der Waals surface area contributed by atoms with E-state index in [-0.39, 0.29) is 6.10 Å². The molecule has 0 aromatic heterocycles. The zero-order valence-corrected chi connectivity index (χ0v) is 8.87. The molecule has 0 amide bonds. The highest BCUT2D eigenvalue weighted by Gasteiger charge is 2.20. The van der Waals surface area contributed by atoms with Crippen LogP contribution in [0.2, 0.25) is 0 Å². The van der Waals surface area contributed by atoms with Crippen molar-refractivity contribution in [3.05, 3.63) is 35.4 Å². The van der Waals surface area contributed by atoms with Crippen molar-refractivity contribution < 1.29 is 9.13 Å². The molecule has 0 radical (unpaired) electrons. The van der Waals surface area contributed by atoms with Crippen molar-refractivity contribution >= 4 is 0 Å². The second-order valence-electron chi connectivity index (χ2n) is 3.81. The van der Waals surface area contributed by atoms with E-state index in [2.05, 4.69) is 5.32 Å². The fourth-order valence-electron chi connectivity index (χ4n) is 1.93. The number of hydrogen-bond donors (Lipinski definition) is 1. The quantitative estimate of drug-likeness (QED) is 0.807. The molecule has 1 fully saturated rings. The Morgan fingerprint density at radius 2 is 2.27 bits per heavy atom. The summed E-state index contributed by atoms with van der Waals surface area (Å²) < 4.78 is 19.0. The van der Waals surface area contributed by atoms with Gasteiger partial charge in [-0.05, 0) is 18.1 Å². The van der Waals surface area contributed by atoms with Crippen molar-refractivity contribution in [1.29, 1.82) is 0 Å². The molecule has 0 spiro atoms. The monoisotopic (exact) mass is 209 g/mol. The zero-order valence-electron chi connectivity index (χ0n) is 8.87. The fourth-order valence-corrected chi connectivity index (χ4v) is 1.93. The van der Waals surface area contributed by atoms with Crippen LogP contribution in [0.25, 0.3) is 0 Å². The van der Waals surface area contributed by atoms with Crippen LogP contribution >= 0.6 is 0 Å². The van der Waals surface area contributed by atoms with Gasteiger partial charge in [0.1, 0.15) is 6.17 Å². The summed E-state index contributed by atoms with van der Waals surface area (Å²) in [6.45, 7) is 3.91. The standard InChI is InChI=1S/C12H16FNO/c1-9(13)10-4-2-3-5-11(10)12-8-14-6-7-15-12/h2-5,9,12,14H,6-8H2,1H3. The molecule has 1 aliphatic heterocycles. The highest BCUT2D eigenvalue weighted by Crippen LogP contribution is 2.28. The lowest BCUT2D eigenvalue weighted by atomic mass is 9.99. The molecule has 2 unspecified atom stereocenters. The maximum atomic E-state index is 13.4. The number of nitrogens with one attached hydrogen (secondary N) is 1.